The Balaban J connectivity index is 2.73. The fourth-order valence-corrected chi connectivity index (χ4v) is 2.26. The topological polar surface area (TPSA) is 17.1 Å². The third kappa shape index (κ3) is 4.11. The second-order valence-electron chi connectivity index (χ2n) is 4.76. The Hall–Kier alpha value is -1.41. The number of rotatable bonds is 8. The number of carbonyl (C=O) groups excluding carboxylic acids is 1. The average Bonchev–Trinajstić information content (AvgIpc) is 2.44. The summed E-state index contributed by atoms with van der Waals surface area (Å²) in [6.07, 6.45) is 2.03. The monoisotopic (exact) mass is 246 g/mol. The molecule has 1 aromatic rings. The summed E-state index contributed by atoms with van der Waals surface area (Å²) >= 11 is 0. The van der Waals surface area contributed by atoms with Crippen LogP contribution in [0.15, 0.2) is 43.0 Å². The summed E-state index contributed by atoms with van der Waals surface area (Å²) in [5.41, 5.74) is 1.34. The minimum absolute atomic E-state index is 0.146. The number of ketones is 1. The van der Waals surface area contributed by atoms with Crippen LogP contribution in [-0.2, 0) is 11.3 Å². The van der Waals surface area contributed by atoms with Crippen molar-refractivity contribution in [2.75, 3.05) is 19.6 Å². The van der Waals surface area contributed by atoms with Gasteiger partial charge in [-0.3, -0.25) is 4.79 Å². The van der Waals surface area contributed by atoms with E-state index in [-0.39, 0.29) is 5.78 Å². The zero-order chi connectivity index (χ0) is 13.4. The quantitative estimate of drug-likeness (QED) is 0.508. The summed E-state index contributed by atoms with van der Waals surface area (Å²) in [7, 11) is 0. The molecule has 0 unspecified atom stereocenters. The van der Waals surface area contributed by atoms with Crippen LogP contribution in [0.3, 0.4) is 0 Å². The lowest BCUT2D eigenvalue weighted by Crippen LogP contribution is -2.48. The Morgan fingerprint density at radius 3 is 2.33 bits per heavy atom. The van der Waals surface area contributed by atoms with E-state index in [9.17, 15) is 4.79 Å². The van der Waals surface area contributed by atoms with Crippen LogP contribution in [0.5, 0.6) is 0 Å². The van der Waals surface area contributed by atoms with Crippen LogP contribution in [-0.4, -0.2) is 29.9 Å². The van der Waals surface area contributed by atoms with Crippen LogP contribution in [0.1, 0.15) is 25.8 Å². The first-order valence-electron chi connectivity index (χ1n) is 6.70. The number of quaternary nitrogens is 1. The Morgan fingerprint density at radius 2 is 1.83 bits per heavy atom. The van der Waals surface area contributed by atoms with Gasteiger partial charge in [-0.1, -0.05) is 36.9 Å². The van der Waals surface area contributed by atoms with Crippen molar-refractivity contribution in [3.63, 3.8) is 0 Å². The van der Waals surface area contributed by atoms with Gasteiger partial charge in [0.15, 0.2) is 5.78 Å². The second-order valence-corrected chi connectivity index (χ2v) is 4.76. The van der Waals surface area contributed by atoms with E-state index in [1.54, 1.807) is 0 Å². The lowest BCUT2D eigenvalue weighted by atomic mass is 10.1. The molecule has 2 nitrogen and oxygen atoms in total. The molecule has 0 heterocycles. The van der Waals surface area contributed by atoms with Crippen LogP contribution in [0.4, 0.5) is 0 Å². The lowest BCUT2D eigenvalue weighted by Gasteiger charge is -2.36. The predicted octanol–water partition coefficient (Wildman–Crippen LogP) is 3.19. The lowest BCUT2D eigenvalue weighted by molar-refractivity contribution is -0.937. The summed E-state index contributed by atoms with van der Waals surface area (Å²) in [5, 5.41) is 0. The molecule has 0 N–H and O–H groups in total. The molecule has 0 radical (unpaired) electrons. The normalized spacial score (nSPS) is 11.2. The maximum atomic E-state index is 11.4. The molecule has 0 fully saturated rings. The van der Waals surface area contributed by atoms with E-state index in [1.165, 1.54) is 11.6 Å². The standard InChI is InChI=1S/C16H24NO/c1-4-16(18)12-13-17(5-2,6-3)14-15-10-8-7-9-11-15/h4,7-11H,1,5-6,12-14H2,2-3H3/q+1. The molecule has 0 bridgehead atoms. The van der Waals surface area contributed by atoms with E-state index >= 15 is 0 Å². The van der Waals surface area contributed by atoms with E-state index in [0.29, 0.717) is 6.42 Å². The third-order valence-electron chi connectivity index (χ3n) is 3.76. The molecule has 0 saturated heterocycles. The maximum Gasteiger partial charge on any atom is 0.160 e. The van der Waals surface area contributed by atoms with E-state index in [0.717, 1.165) is 30.7 Å². The molecular weight excluding hydrogens is 222 g/mol. The molecule has 0 saturated carbocycles. The summed E-state index contributed by atoms with van der Waals surface area (Å²) in [5.74, 6) is 0.146. The molecule has 0 amide bonds. The predicted molar refractivity (Wildman–Crippen MR) is 76.2 cm³/mol. The zero-order valence-corrected chi connectivity index (χ0v) is 11.6. The first kappa shape index (κ1) is 14.7. The highest BCUT2D eigenvalue weighted by atomic mass is 16.1. The Bertz CT molecular complexity index is 379. The SMILES string of the molecule is C=CC(=O)CC[N+](CC)(CC)Cc1ccccc1. The highest BCUT2D eigenvalue weighted by molar-refractivity contribution is 5.89. The fourth-order valence-electron chi connectivity index (χ4n) is 2.26. The summed E-state index contributed by atoms with van der Waals surface area (Å²) in [6, 6.07) is 10.5. The number of benzene rings is 1. The van der Waals surface area contributed by atoms with Crippen LogP contribution < -0.4 is 0 Å². The van der Waals surface area contributed by atoms with Crippen LogP contribution in [0, 0.1) is 0 Å². The zero-order valence-electron chi connectivity index (χ0n) is 11.6. The number of hydrogen-bond donors (Lipinski definition) is 0. The minimum Gasteiger partial charge on any atom is -0.320 e. The highest BCUT2D eigenvalue weighted by Crippen LogP contribution is 2.15. The van der Waals surface area contributed by atoms with E-state index in [1.807, 2.05) is 6.07 Å². The van der Waals surface area contributed by atoms with Crippen LogP contribution in [0.25, 0.3) is 0 Å². The van der Waals surface area contributed by atoms with Crippen molar-refractivity contribution in [2.24, 2.45) is 0 Å². The van der Waals surface area contributed by atoms with Gasteiger partial charge in [0.1, 0.15) is 6.54 Å². The molecule has 0 spiro atoms. The number of hydrogen-bond acceptors (Lipinski definition) is 1. The molecule has 98 valence electrons. The van der Waals surface area contributed by atoms with Crippen molar-refractivity contribution in [3.8, 4) is 0 Å². The van der Waals surface area contributed by atoms with Gasteiger partial charge in [0, 0.05) is 5.56 Å². The van der Waals surface area contributed by atoms with E-state index in [2.05, 4.69) is 44.7 Å². The molecule has 0 atom stereocenters. The fraction of sp³-hybridized carbons (Fsp3) is 0.438. The second kappa shape index (κ2) is 7.12. The molecule has 0 aliphatic carbocycles. The molecule has 0 aliphatic rings. The molecule has 1 rings (SSSR count). The van der Waals surface area contributed by atoms with Gasteiger partial charge in [-0.25, -0.2) is 0 Å². The molecule has 0 aromatic heterocycles. The Labute approximate surface area is 111 Å². The van der Waals surface area contributed by atoms with Gasteiger partial charge in [-0.2, -0.15) is 0 Å². The van der Waals surface area contributed by atoms with Crippen molar-refractivity contribution in [2.45, 2.75) is 26.8 Å². The van der Waals surface area contributed by atoms with Crippen LogP contribution >= 0.6 is 0 Å². The van der Waals surface area contributed by atoms with Gasteiger partial charge in [-0.15, -0.1) is 0 Å². The molecule has 18 heavy (non-hydrogen) atoms. The Morgan fingerprint density at radius 1 is 1.22 bits per heavy atom. The minimum atomic E-state index is 0.146. The van der Waals surface area contributed by atoms with Crippen molar-refractivity contribution in [3.05, 3.63) is 48.6 Å². The third-order valence-corrected chi connectivity index (χ3v) is 3.76. The highest BCUT2D eigenvalue weighted by Gasteiger charge is 2.24. The molecular formula is C16H24NO+. The van der Waals surface area contributed by atoms with E-state index < -0.39 is 0 Å². The largest absolute Gasteiger partial charge is 0.320 e. The van der Waals surface area contributed by atoms with Crippen LogP contribution in [0.2, 0.25) is 0 Å². The van der Waals surface area contributed by atoms with Gasteiger partial charge in [0.2, 0.25) is 0 Å². The van der Waals surface area contributed by atoms with Gasteiger partial charge < -0.3 is 4.48 Å². The van der Waals surface area contributed by atoms with Crippen molar-refractivity contribution < 1.29 is 9.28 Å². The van der Waals surface area contributed by atoms with Gasteiger partial charge in [0.25, 0.3) is 0 Å². The smallest absolute Gasteiger partial charge is 0.160 e. The first-order chi connectivity index (χ1) is 8.65. The summed E-state index contributed by atoms with van der Waals surface area (Å²) in [6.45, 7) is 11.9. The molecule has 1 aromatic carbocycles. The Kier molecular flexibility index (Phi) is 5.79. The van der Waals surface area contributed by atoms with Crippen molar-refractivity contribution in [1.82, 2.24) is 0 Å². The van der Waals surface area contributed by atoms with Gasteiger partial charge >= 0.3 is 0 Å². The van der Waals surface area contributed by atoms with Crippen molar-refractivity contribution >= 4 is 5.78 Å². The van der Waals surface area contributed by atoms with E-state index in [4.69, 9.17) is 0 Å². The number of carbonyl (C=O) groups is 1. The summed E-state index contributed by atoms with van der Waals surface area (Å²) in [4.78, 5) is 11.4. The maximum absolute atomic E-state index is 11.4. The number of nitrogens with zero attached hydrogens (tertiary/aromatic N) is 1. The average molecular weight is 246 g/mol. The molecule has 0 aliphatic heterocycles. The van der Waals surface area contributed by atoms with Gasteiger partial charge in [0.05, 0.1) is 26.1 Å². The molecule has 2 heteroatoms. The first-order valence-corrected chi connectivity index (χ1v) is 6.70. The summed E-state index contributed by atoms with van der Waals surface area (Å²) < 4.78 is 0.962. The van der Waals surface area contributed by atoms with Crippen molar-refractivity contribution in [1.29, 1.82) is 0 Å². The van der Waals surface area contributed by atoms with Gasteiger partial charge in [-0.05, 0) is 19.9 Å². The number of allylic oxidation sites excluding steroid dienone is 1.